The van der Waals surface area contributed by atoms with Crippen LogP contribution in [0, 0.1) is 5.41 Å². The van der Waals surface area contributed by atoms with Gasteiger partial charge in [-0.3, -0.25) is 4.79 Å². The highest BCUT2D eigenvalue weighted by atomic mass is 19.4. The predicted molar refractivity (Wildman–Crippen MR) is 58.5 cm³/mol. The molecule has 1 heterocycles. The number of piperidine rings is 1. The topological polar surface area (TPSA) is 41.1 Å². The first-order valence-electron chi connectivity index (χ1n) is 5.89. The molecule has 0 aromatic rings. The van der Waals surface area contributed by atoms with Crippen LogP contribution in [0.25, 0.3) is 0 Å². The molecule has 0 bridgehead atoms. The number of rotatable bonds is 4. The highest BCUT2D eigenvalue weighted by Crippen LogP contribution is 2.28. The van der Waals surface area contributed by atoms with Crippen molar-refractivity contribution in [3.63, 3.8) is 0 Å². The zero-order chi connectivity index (χ0) is 12.9. The number of carbonyl (C=O) groups excluding carboxylic acids is 1. The van der Waals surface area contributed by atoms with Crippen LogP contribution < -0.4 is 10.6 Å². The summed E-state index contributed by atoms with van der Waals surface area (Å²) < 4.78 is 35.7. The molecule has 3 nitrogen and oxygen atoms in total. The number of amides is 1. The number of carbonyl (C=O) groups is 1. The van der Waals surface area contributed by atoms with E-state index in [2.05, 4.69) is 10.6 Å². The van der Waals surface area contributed by atoms with E-state index in [4.69, 9.17) is 0 Å². The maximum absolute atomic E-state index is 11.9. The number of alkyl halides is 3. The van der Waals surface area contributed by atoms with Gasteiger partial charge in [-0.1, -0.05) is 6.92 Å². The van der Waals surface area contributed by atoms with Gasteiger partial charge in [0.25, 0.3) is 0 Å². The van der Waals surface area contributed by atoms with Gasteiger partial charge < -0.3 is 10.6 Å². The van der Waals surface area contributed by atoms with E-state index in [0.29, 0.717) is 0 Å². The van der Waals surface area contributed by atoms with E-state index in [9.17, 15) is 18.0 Å². The summed E-state index contributed by atoms with van der Waals surface area (Å²) in [6.45, 7) is 3.53. The zero-order valence-electron chi connectivity index (χ0n) is 9.99. The van der Waals surface area contributed by atoms with Gasteiger partial charge in [0.05, 0.1) is 0 Å². The van der Waals surface area contributed by atoms with Crippen molar-refractivity contribution in [2.75, 3.05) is 19.6 Å². The molecule has 0 atom stereocenters. The Morgan fingerprint density at radius 2 is 1.94 bits per heavy atom. The molecule has 0 aromatic carbocycles. The molecular formula is C11H19F3N2O. The van der Waals surface area contributed by atoms with Gasteiger partial charge >= 0.3 is 6.18 Å². The minimum atomic E-state index is -4.14. The molecule has 0 spiro atoms. The summed E-state index contributed by atoms with van der Waals surface area (Å²) in [6.07, 6.45) is -3.56. The lowest BCUT2D eigenvalue weighted by Gasteiger charge is -2.32. The van der Waals surface area contributed by atoms with Gasteiger partial charge in [-0.25, -0.2) is 0 Å². The molecule has 100 valence electrons. The Balaban J connectivity index is 2.24. The standard InChI is InChI=1S/C11H19F3N2O/c1-10(4-7-15-8-5-10)9(17)16-6-2-3-11(12,13)14/h15H,2-8H2,1H3,(H,16,17). The van der Waals surface area contributed by atoms with Crippen molar-refractivity contribution in [1.82, 2.24) is 10.6 Å². The van der Waals surface area contributed by atoms with E-state index in [1.165, 1.54) is 0 Å². The maximum Gasteiger partial charge on any atom is 0.389 e. The van der Waals surface area contributed by atoms with Crippen molar-refractivity contribution in [2.45, 2.75) is 38.8 Å². The fourth-order valence-electron chi connectivity index (χ4n) is 1.91. The van der Waals surface area contributed by atoms with Crippen LogP contribution in [-0.4, -0.2) is 31.7 Å². The van der Waals surface area contributed by atoms with Gasteiger partial charge in [-0.15, -0.1) is 0 Å². The highest BCUT2D eigenvalue weighted by Gasteiger charge is 2.34. The summed E-state index contributed by atoms with van der Waals surface area (Å²) in [6, 6.07) is 0. The van der Waals surface area contributed by atoms with E-state index in [0.717, 1.165) is 25.9 Å². The number of halogens is 3. The Bertz CT molecular complexity index is 260. The molecule has 17 heavy (non-hydrogen) atoms. The highest BCUT2D eigenvalue weighted by molar-refractivity contribution is 5.82. The maximum atomic E-state index is 11.9. The minimum absolute atomic E-state index is 0.0520. The van der Waals surface area contributed by atoms with Crippen LogP contribution >= 0.6 is 0 Å². The molecule has 1 aliphatic rings. The van der Waals surface area contributed by atoms with Crippen molar-refractivity contribution in [3.8, 4) is 0 Å². The third kappa shape index (κ3) is 4.93. The second-order valence-electron chi connectivity index (χ2n) is 4.79. The van der Waals surface area contributed by atoms with Crippen LogP contribution in [0.4, 0.5) is 13.2 Å². The molecule has 0 aromatic heterocycles. The van der Waals surface area contributed by atoms with Crippen molar-refractivity contribution in [3.05, 3.63) is 0 Å². The van der Waals surface area contributed by atoms with Crippen molar-refractivity contribution < 1.29 is 18.0 Å². The fraction of sp³-hybridized carbons (Fsp3) is 0.909. The largest absolute Gasteiger partial charge is 0.389 e. The number of hydrogen-bond acceptors (Lipinski definition) is 2. The van der Waals surface area contributed by atoms with E-state index in [1.54, 1.807) is 0 Å². The summed E-state index contributed by atoms with van der Waals surface area (Å²) in [5.41, 5.74) is -0.427. The Labute approximate surface area is 99.1 Å². The van der Waals surface area contributed by atoms with Gasteiger partial charge in [-0.05, 0) is 32.4 Å². The molecular weight excluding hydrogens is 233 g/mol. The summed E-state index contributed by atoms with van der Waals surface area (Å²) in [4.78, 5) is 11.8. The summed E-state index contributed by atoms with van der Waals surface area (Å²) in [7, 11) is 0. The predicted octanol–water partition coefficient (Wildman–Crippen LogP) is 1.83. The second-order valence-corrected chi connectivity index (χ2v) is 4.79. The van der Waals surface area contributed by atoms with Gasteiger partial charge in [0.2, 0.25) is 5.91 Å². The quantitative estimate of drug-likeness (QED) is 0.749. The molecule has 0 aliphatic carbocycles. The third-order valence-electron chi connectivity index (χ3n) is 3.18. The van der Waals surface area contributed by atoms with E-state index in [1.807, 2.05) is 6.92 Å². The van der Waals surface area contributed by atoms with Crippen molar-refractivity contribution in [2.24, 2.45) is 5.41 Å². The Morgan fingerprint density at radius 1 is 1.35 bits per heavy atom. The van der Waals surface area contributed by atoms with Crippen molar-refractivity contribution >= 4 is 5.91 Å². The Morgan fingerprint density at radius 3 is 2.47 bits per heavy atom. The first-order valence-corrected chi connectivity index (χ1v) is 5.89. The van der Waals surface area contributed by atoms with Crippen LogP contribution in [0.1, 0.15) is 32.6 Å². The van der Waals surface area contributed by atoms with Crippen LogP contribution in [0.2, 0.25) is 0 Å². The molecule has 1 aliphatic heterocycles. The second kappa shape index (κ2) is 5.71. The van der Waals surface area contributed by atoms with E-state index >= 15 is 0 Å². The molecule has 0 unspecified atom stereocenters. The van der Waals surface area contributed by atoms with Crippen LogP contribution in [0.15, 0.2) is 0 Å². The minimum Gasteiger partial charge on any atom is -0.356 e. The first kappa shape index (κ1) is 14.3. The SMILES string of the molecule is CC1(C(=O)NCCCC(F)(F)F)CCNCC1. The normalized spacial score (nSPS) is 20.0. The lowest BCUT2D eigenvalue weighted by Crippen LogP contribution is -2.46. The first-order chi connectivity index (χ1) is 7.83. The summed E-state index contributed by atoms with van der Waals surface area (Å²) in [5.74, 6) is -0.124. The van der Waals surface area contributed by atoms with Gasteiger partial charge in [0.15, 0.2) is 0 Å². The van der Waals surface area contributed by atoms with E-state index < -0.39 is 18.0 Å². The lowest BCUT2D eigenvalue weighted by molar-refractivity contribution is -0.138. The summed E-state index contributed by atoms with van der Waals surface area (Å²) in [5, 5.41) is 5.75. The van der Waals surface area contributed by atoms with Gasteiger partial charge in [0.1, 0.15) is 0 Å². The monoisotopic (exact) mass is 252 g/mol. The molecule has 1 rings (SSSR count). The number of nitrogens with one attached hydrogen (secondary N) is 2. The smallest absolute Gasteiger partial charge is 0.356 e. The molecule has 1 saturated heterocycles. The molecule has 1 fully saturated rings. The lowest BCUT2D eigenvalue weighted by atomic mass is 9.80. The third-order valence-corrected chi connectivity index (χ3v) is 3.18. The Hall–Kier alpha value is -0.780. The summed E-state index contributed by atoms with van der Waals surface area (Å²) >= 11 is 0. The van der Waals surface area contributed by atoms with Crippen LogP contribution in [0.5, 0.6) is 0 Å². The van der Waals surface area contributed by atoms with Gasteiger partial charge in [-0.2, -0.15) is 13.2 Å². The fourth-order valence-corrected chi connectivity index (χ4v) is 1.91. The van der Waals surface area contributed by atoms with Crippen LogP contribution in [-0.2, 0) is 4.79 Å². The molecule has 6 heteroatoms. The van der Waals surface area contributed by atoms with Crippen LogP contribution in [0.3, 0.4) is 0 Å². The molecule has 2 N–H and O–H groups in total. The molecule has 0 radical (unpaired) electrons. The average Bonchev–Trinajstić information content (AvgIpc) is 2.24. The van der Waals surface area contributed by atoms with Gasteiger partial charge in [0, 0.05) is 18.4 Å². The molecule has 0 saturated carbocycles. The van der Waals surface area contributed by atoms with E-state index in [-0.39, 0.29) is 18.9 Å². The van der Waals surface area contributed by atoms with Crippen molar-refractivity contribution in [1.29, 1.82) is 0 Å². The zero-order valence-corrected chi connectivity index (χ0v) is 9.99. The Kier molecular flexibility index (Phi) is 4.80. The number of hydrogen-bond donors (Lipinski definition) is 2. The molecule has 1 amide bonds. The average molecular weight is 252 g/mol.